The van der Waals surface area contributed by atoms with E-state index in [1.54, 1.807) is 6.92 Å². The van der Waals surface area contributed by atoms with Crippen molar-refractivity contribution in [1.29, 1.82) is 0 Å². The summed E-state index contributed by atoms with van der Waals surface area (Å²) in [5.41, 5.74) is 1.30. The second-order valence-corrected chi connectivity index (χ2v) is 4.17. The molecule has 0 unspecified atom stereocenters. The Hall–Kier alpha value is -2.10. The Bertz CT molecular complexity index is 437. The van der Waals surface area contributed by atoms with Crippen molar-refractivity contribution in [3.8, 4) is 0 Å². The van der Waals surface area contributed by atoms with Crippen molar-refractivity contribution in [3.05, 3.63) is 48.0 Å². The zero-order valence-corrected chi connectivity index (χ0v) is 11.1. The van der Waals surface area contributed by atoms with E-state index in [1.165, 1.54) is 0 Å². The molecule has 1 aromatic rings. The second kappa shape index (κ2) is 8.08. The molecule has 0 spiro atoms. The number of ether oxygens (including phenoxy) is 2. The average Bonchev–Trinajstić information content (AvgIpc) is 2.42. The summed E-state index contributed by atoms with van der Waals surface area (Å²) in [4.78, 5) is 22.5. The third kappa shape index (κ3) is 6.41. The maximum absolute atomic E-state index is 11.4. The van der Waals surface area contributed by atoms with Gasteiger partial charge in [-0.15, -0.1) is 0 Å². The van der Waals surface area contributed by atoms with Crippen LogP contribution < -0.4 is 0 Å². The lowest BCUT2D eigenvalue weighted by Gasteiger charge is -2.05. The topological polar surface area (TPSA) is 52.6 Å². The number of hydrogen-bond donors (Lipinski definition) is 0. The van der Waals surface area contributed by atoms with Crippen LogP contribution in [-0.4, -0.2) is 18.5 Å². The van der Waals surface area contributed by atoms with Gasteiger partial charge in [0.15, 0.2) is 0 Å². The molecule has 0 atom stereocenters. The van der Waals surface area contributed by atoms with Crippen LogP contribution in [0.25, 0.3) is 0 Å². The van der Waals surface area contributed by atoms with Crippen molar-refractivity contribution < 1.29 is 19.1 Å². The van der Waals surface area contributed by atoms with E-state index in [9.17, 15) is 9.59 Å². The molecular formula is C15H18O4. The Morgan fingerprint density at radius 1 is 1.16 bits per heavy atom. The number of carbonyl (C=O) groups excluding carboxylic acids is 2. The van der Waals surface area contributed by atoms with Gasteiger partial charge < -0.3 is 9.47 Å². The normalized spacial score (nSPS) is 9.74. The third-order valence-corrected chi connectivity index (χ3v) is 2.35. The molecule has 0 radical (unpaired) electrons. The summed E-state index contributed by atoms with van der Waals surface area (Å²) >= 11 is 0. The van der Waals surface area contributed by atoms with E-state index in [4.69, 9.17) is 9.47 Å². The molecule has 0 amide bonds. The van der Waals surface area contributed by atoms with Crippen LogP contribution in [0, 0.1) is 0 Å². The number of esters is 2. The Morgan fingerprint density at radius 3 is 2.47 bits per heavy atom. The van der Waals surface area contributed by atoms with Crippen molar-refractivity contribution in [2.75, 3.05) is 6.61 Å². The van der Waals surface area contributed by atoms with Crippen molar-refractivity contribution >= 4 is 11.9 Å². The second-order valence-electron chi connectivity index (χ2n) is 4.17. The largest absolute Gasteiger partial charge is 0.462 e. The first-order chi connectivity index (χ1) is 9.09. The molecule has 4 heteroatoms. The van der Waals surface area contributed by atoms with E-state index in [0.717, 1.165) is 5.56 Å². The summed E-state index contributed by atoms with van der Waals surface area (Å²) in [6.07, 6.45) is 0.683. The van der Waals surface area contributed by atoms with E-state index < -0.39 is 5.97 Å². The van der Waals surface area contributed by atoms with Crippen LogP contribution in [0.2, 0.25) is 0 Å². The first-order valence-electron chi connectivity index (χ1n) is 6.12. The lowest BCUT2D eigenvalue weighted by molar-refractivity contribution is -0.147. The standard InChI is InChI=1S/C15H18O4/c1-12(2)15(17)18-10-6-9-14(16)19-11-13-7-4-3-5-8-13/h3-5,7-8H,1,6,9-11H2,2H3. The van der Waals surface area contributed by atoms with Gasteiger partial charge in [-0.2, -0.15) is 0 Å². The van der Waals surface area contributed by atoms with E-state index >= 15 is 0 Å². The molecule has 102 valence electrons. The van der Waals surface area contributed by atoms with Crippen LogP contribution in [0.1, 0.15) is 25.3 Å². The maximum atomic E-state index is 11.4. The van der Waals surface area contributed by atoms with Gasteiger partial charge in [-0.25, -0.2) is 4.79 Å². The van der Waals surface area contributed by atoms with Gasteiger partial charge in [-0.1, -0.05) is 36.9 Å². The van der Waals surface area contributed by atoms with E-state index in [-0.39, 0.29) is 25.6 Å². The molecule has 0 aliphatic heterocycles. The van der Waals surface area contributed by atoms with Gasteiger partial charge in [0.2, 0.25) is 0 Å². The Balaban J connectivity index is 2.12. The highest BCUT2D eigenvalue weighted by Gasteiger charge is 2.06. The van der Waals surface area contributed by atoms with Crippen molar-refractivity contribution in [2.24, 2.45) is 0 Å². The highest BCUT2D eigenvalue weighted by molar-refractivity contribution is 5.86. The van der Waals surface area contributed by atoms with Gasteiger partial charge in [0.25, 0.3) is 0 Å². The first-order valence-corrected chi connectivity index (χ1v) is 6.12. The number of carbonyl (C=O) groups is 2. The Labute approximate surface area is 113 Å². The molecule has 1 aromatic carbocycles. The predicted octanol–water partition coefficient (Wildman–Crippen LogP) is 2.63. The summed E-state index contributed by atoms with van der Waals surface area (Å²) in [5, 5.41) is 0. The predicted molar refractivity (Wildman–Crippen MR) is 71.2 cm³/mol. The molecule has 0 bridgehead atoms. The minimum atomic E-state index is -0.433. The minimum absolute atomic E-state index is 0.201. The molecule has 0 aromatic heterocycles. The Kier molecular flexibility index (Phi) is 6.36. The van der Waals surface area contributed by atoms with Gasteiger partial charge >= 0.3 is 11.9 Å². The van der Waals surface area contributed by atoms with Crippen LogP contribution in [0.5, 0.6) is 0 Å². The van der Waals surface area contributed by atoms with Crippen molar-refractivity contribution in [3.63, 3.8) is 0 Å². The van der Waals surface area contributed by atoms with Crippen LogP contribution in [0.15, 0.2) is 42.5 Å². The molecular weight excluding hydrogens is 244 g/mol. The number of hydrogen-bond acceptors (Lipinski definition) is 4. The first kappa shape index (κ1) is 15.0. The quantitative estimate of drug-likeness (QED) is 0.430. The summed E-state index contributed by atoms with van der Waals surface area (Å²) < 4.78 is 9.96. The fraction of sp³-hybridized carbons (Fsp3) is 0.333. The van der Waals surface area contributed by atoms with Crippen LogP contribution in [-0.2, 0) is 25.7 Å². The Morgan fingerprint density at radius 2 is 1.84 bits per heavy atom. The third-order valence-electron chi connectivity index (χ3n) is 2.35. The molecule has 0 heterocycles. The smallest absolute Gasteiger partial charge is 0.333 e. The van der Waals surface area contributed by atoms with E-state index in [1.807, 2.05) is 30.3 Å². The van der Waals surface area contributed by atoms with Gasteiger partial charge in [0.1, 0.15) is 6.61 Å². The molecule has 0 fully saturated rings. The monoisotopic (exact) mass is 262 g/mol. The zero-order valence-electron chi connectivity index (χ0n) is 11.1. The average molecular weight is 262 g/mol. The molecule has 0 saturated carbocycles. The lowest BCUT2D eigenvalue weighted by Crippen LogP contribution is -2.09. The fourth-order valence-corrected chi connectivity index (χ4v) is 1.31. The molecule has 0 aliphatic carbocycles. The van der Waals surface area contributed by atoms with Gasteiger partial charge in [0, 0.05) is 12.0 Å². The highest BCUT2D eigenvalue weighted by Crippen LogP contribution is 2.03. The van der Waals surface area contributed by atoms with Crippen LogP contribution >= 0.6 is 0 Å². The molecule has 19 heavy (non-hydrogen) atoms. The van der Waals surface area contributed by atoms with Gasteiger partial charge in [-0.05, 0) is 18.9 Å². The van der Waals surface area contributed by atoms with Crippen molar-refractivity contribution in [1.82, 2.24) is 0 Å². The SMILES string of the molecule is C=C(C)C(=O)OCCCC(=O)OCc1ccccc1. The van der Waals surface area contributed by atoms with Crippen LogP contribution in [0.3, 0.4) is 0 Å². The molecule has 1 rings (SSSR count). The summed E-state index contributed by atoms with van der Waals surface area (Å²) in [5.74, 6) is -0.729. The fourth-order valence-electron chi connectivity index (χ4n) is 1.31. The molecule has 0 saturated heterocycles. The highest BCUT2D eigenvalue weighted by atomic mass is 16.5. The zero-order chi connectivity index (χ0) is 14.1. The van der Waals surface area contributed by atoms with Crippen molar-refractivity contribution in [2.45, 2.75) is 26.4 Å². The molecule has 0 N–H and O–H groups in total. The van der Waals surface area contributed by atoms with E-state index in [2.05, 4.69) is 6.58 Å². The lowest BCUT2D eigenvalue weighted by atomic mass is 10.2. The molecule has 0 aliphatic rings. The number of benzene rings is 1. The summed E-state index contributed by atoms with van der Waals surface area (Å²) in [7, 11) is 0. The number of rotatable bonds is 7. The van der Waals surface area contributed by atoms with Crippen LogP contribution in [0.4, 0.5) is 0 Å². The summed E-state index contributed by atoms with van der Waals surface area (Å²) in [6, 6.07) is 9.46. The molecule has 4 nitrogen and oxygen atoms in total. The minimum Gasteiger partial charge on any atom is -0.462 e. The van der Waals surface area contributed by atoms with Gasteiger partial charge in [0.05, 0.1) is 6.61 Å². The maximum Gasteiger partial charge on any atom is 0.333 e. The van der Waals surface area contributed by atoms with E-state index in [0.29, 0.717) is 12.0 Å². The summed E-state index contributed by atoms with van der Waals surface area (Å²) in [6.45, 7) is 5.52. The van der Waals surface area contributed by atoms with Gasteiger partial charge in [-0.3, -0.25) is 4.79 Å².